The molecule has 3 N–H and O–H groups in total. The van der Waals surface area contributed by atoms with Gasteiger partial charge in [-0.2, -0.15) is 0 Å². The van der Waals surface area contributed by atoms with Crippen LogP contribution in [0.25, 0.3) is 0 Å². The third kappa shape index (κ3) is 3.45. The number of benzene rings is 1. The fourth-order valence-corrected chi connectivity index (χ4v) is 2.39. The molecular formula is C13H10Br2N2O4. The zero-order chi connectivity index (χ0) is 15.6. The minimum Gasteiger partial charge on any atom is -0.496 e. The molecule has 0 unspecified atom stereocenters. The third-order valence-corrected chi connectivity index (χ3v) is 3.76. The van der Waals surface area contributed by atoms with Crippen molar-refractivity contribution in [2.24, 2.45) is 0 Å². The van der Waals surface area contributed by atoms with Crippen LogP contribution in [0.4, 0.5) is 5.69 Å². The van der Waals surface area contributed by atoms with Gasteiger partial charge in [-0.3, -0.25) is 0 Å². The molecule has 2 aromatic rings. The molecule has 1 aromatic carbocycles. The van der Waals surface area contributed by atoms with Gasteiger partial charge in [0.2, 0.25) is 5.88 Å². The topological polar surface area (TPSA) is 94.7 Å². The first-order valence-corrected chi connectivity index (χ1v) is 7.21. The summed E-state index contributed by atoms with van der Waals surface area (Å²) < 4.78 is 12.0. The summed E-state index contributed by atoms with van der Waals surface area (Å²) in [7, 11) is 1.54. The molecule has 0 aliphatic rings. The first-order valence-electron chi connectivity index (χ1n) is 5.63. The monoisotopic (exact) mass is 416 g/mol. The summed E-state index contributed by atoms with van der Waals surface area (Å²) in [4.78, 5) is 14.8. The van der Waals surface area contributed by atoms with Crippen molar-refractivity contribution >= 4 is 43.5 Å². The number of anilines is 1. The van der Waals surface area contributed by atoms with E-state index in [1.165, 1.54) is 12.1 Å². The maximum Gasteiger partial charge on any atom is 0.354 e. The van der Waals surface area contributed by atoms with Crippen LogP contribution in [0.5, 0.6) is 17.4 Å². The fraction of sp³-hybridized carbons (Fsp3) is 0.0769. The molecule has 0 atom stereocenters. The number of nitrogens with zero attached hydrogens (tertiary/aromatic N) is 1. The lowest BCUT2D eigenvalue weighted by molar-refractivity contribution is 0.0689. The van der Waals surface area contributed by atoms with E-state index < -0.39 is 5.97 Å². The number of aromatic nitrogens is 1. The average molecular weight is 418 g/mol. The summed E-state index contributed by atoms with van der Waals surface area (Å²) in [6.45, 7) is 0. The lowest BCUT2D eigenvalue weighted by atomic mass is 10.3. The summed E-state index contributed by atoms with van der Waals surface area (Å²) in [5, 5.41) is 8.94. The van der Waals surface area contributed by atoms with E-state index in [9.17, 15) is 4.79 Å². The zero-order valence-corrected chi connectivity index (χ0v) is 13.9. The predicted octanol–water partition coefficient (Wildman–Crippen LogP) is 3.69. The molecule has 0 saturated heterocycles. The van der Waals surface area contributed by atoms with E-state index in [1.54, 1.807) is 19.2 Å². The Morgan fingerprint density at radius 2 is 1.86 bits per heavy atom. The summed E-state index contributed by atoms with van der Waals surface area (Å²) >= 11 is 6.68. The van der Waals surface area contributed by atoms with Crippen LogP contribution in [0.2, 0.25) is 0 Å². The summed E-state index contributed by atoms with van der Waals surface area (Å²) in [6, 6.07) is 6.11. The molecule has 2 rings (SSSR count). The number of carbonyl (C=O) groups is 1. The molecule has 0 amide bonds. The van der Waals surface area contributed by atoms with Crippen molar-refractivity contribution in [3.63, 3.8) is 0 Å². The van der Waals surface area contributed by atoms with Crippen LogP contribution >= 0.6 is 31.9 Å². The standard InChI is InChI=1S/C13H10Br2N2O4/c1-20-10-4-7(15)11(5-6(10)14)21-12-8(16)2-3-9(17-12)13(18)19/h2-5H,16H2,1H3,(H,18,19). The molecule has 110 valence electrons. The Balaban J connectivity index is 2.40. The quantitative estimate of drug-likeness (QED) is 0.787. The SMILES string of the molecule is COc1cc(Br)c(Oc2nc(C(=O)O)ccc2N)cc1Br. The van der Waals surface area contributed by atoms with Gasteiger partial charge in [0, 0.05) is 0 Å². The van der Waals surface area contributed by atoms with Crippen molar-refractivity contribution in [3.8, 4) is 17.4 Å². The molecule has 6 nitrogen and oxygen atoms in total. The highest BCUT2D eigenvalue weighted by Crippen LogP contribution is 2.38. The van der Waals surface area contributed by atoms with Crippen molar-refractivity contribution in [1.82, 2.24) is 4.98 Å². The molecule has 0 spiro atoms. The van der Waals surface area contributed by atoms with Gasteiger partial charge in [-0.25, -0.2) is 9.78 Å². The second-order valence-corrected chi connectivity index (χ2v) is 5.62. The molecule has 0 saturated carbocycles. The summed E-state index contributed by atoms with van der Waals surface area (Å²) in [5.41, 5.74) is 5.83. The maximum atomic E-state index is 10.9. The number of hydrogen-bond acceptors (Lipinski definition) is 5. The van der Waals surface area contributed by atoms with E-state index in [4.69, 9.17) is 20.3 Å². The highest BCUT2D eigenvalue weighted by atomic mass is 79.9. The van der Waals surface area contributed by atoms with E-state index in [0.717, 1.165) is 0 Å². The molecular weight excluding hydrogens is 408 g/mol. The second kappa shape index (κ2) is 6.31. The smallest absolute Gasteiger partial charge is 0.354 e. The van der Waals surface area contributed by atoms with E-state index in [2.05, 4.69) is 36.8 Å². The number of pyridine rings is 1. The zero-order valence-electron chi connectivity index (χ0n) is 10.8. The highest BCUT2D eigenvalue weighted by Gasteiger charge is 2.14. The first-order chi connectivity index (χ1) is 9.92. The Labute approximate surface area is 137 Å². The van der Waals surface area contributed by atoms with Crippen molar-refractivity contribution < 1.29 is 19.4 Å². The van der Waals surface area contributed by atoms with Gasteiger partial charge in [-0.05, 0) is 56.1 Å². The highest BCUT2D eigenvalue weighted by molar-refractivity contribution is 9.11. The first kappa shape index (κ1) is 15.6. The van der Waals surface area contributed by atoms with E-state index in [0.29, 0.717) is 20.4 Å². The third-order valence-electron chi connectivity index (χ3n) is 2.52. The van der Waals surface area contributed by atoms with Gasteiger partial charge in [-0.15, -0.1) is 0 Å². The number of aromatic carboxylic acids is 1. The van der Waals surface area contributed by atoms with E-state index in [1.807, 2.05) is 0 Å². The largest absolute Gasteiger partial charge is 0.496 e. The Bertz CT molecular complexity index is 707. The minimum atomic E-state index is -1.16. The number of hydrogen-bond donors (Lipinski definition) is 2. The lowest BCUT2D eigenvalue weighted by Crippen LogP contribution is -2.04. The number of halogens is 2. The van der Waals surface area contributed by atoms with Crippen molar-refractivity contribution in [3.05, 3.63) is 38.9 Å². The number of ether oxygens (including phenoxy) is 2. The number of rotatable bonds is 4. The van der Waals surface area contributed by atoms with Crippen LogP contribution in [-0.4, -0.2) is 23.2 Å². The number of carboxylic acids is 1. The van der Waals surface area contributed by atoms with Gasteiger partial charge in [0.1, 0.15) is 11.5 Å². The number of methoxy groups -OCH3 is 1. The van der Waals surface area contributed by atoms with Crippen LogP contribution < -0.4 is 15.2 Å². The molecule has 1 heterocycles. The molecule has 0 radical (unpaired) electrons. The van der Waals surface area contributed by atoms with Crippen LogP contribution in [0.15, 0.2) is 33.2 Å². The fourth-order valence-electron chi connectivity index (χ4n) is 1.50. The molecule has 0 bridgehead atoms. The second-order valence-electron chi connectivity index (χ2n) is 3.92. The van der Waals surface area contributed by atoms with E-state index in [-0.39, 0.29) is 17.3 Å². The average Bonchev–Trinajstić information content (AvgIpc) is 2.44. The predicted molar refractivity (Wildman–Crippen MR) is 84.1 cm³/mol. The van der Waals surface area contributed by atoms with Crippen molar-refractivity contribution in [2.45, 2.75) is 0 Å². The van der Waals surface area contributed by atoms with Gasteiger partial charge in [0.15, 0.2) is 5.69 Å². The molecule has 21 heavy (non-hydrogen) atoms. The molecule has 0 aliphatic carbocycles. The number of carboxylic acid groups (broad SMARTS) is 1. The van der Waals surface area contributed by atoms with Crippen LogP contribution in [0.3, 0.4) is 0 Å². The lowest BCUT2D eigenvalue weighted by Gasteiger charge is -2.12. The summed E-state index contributed by atoms with van der Waals surface area (Å²) in [5.74, 6) is -0.0960. The molecule has 1 aromatic heterocycles. The van der Waals surface area contributed by atoms with Crippen molar-refractivity contribution in [2.75, 3.05) is 12.8 Å². The van der Waals surface area contributed by atoms with Gasteiger partial charge in [-0.1, -0.05) is 0 Å². The molecule has 0 fully saturated rings. The minimum absolute atomic E-state index is 0.0210. The van der Waals surface area contributed by atoms with Gasteiger partial charge in [0.05, 0.1) is 21.7 Å². The molecule has 8 heteroatoms. The number of nitrogens with two attached hydrogens (primary N) is 1. The number of nitrogen functional groups attached to an aromatic ring is 1. The maximum absolute atomic E-state index is 10.9. The van der Waals surface area contributed by atoms with Crippen LogP contribution in [-0.2, 0) is 0 Å². The van der Waals surface area contributed by atoms with Gasteiger partial charge >= 0.3 is 5.97 Å². The Hall–Kier alpha value is -1.80. The summed E-state index contributed by atoms with van der Waals surface area (Å²) in [6.07, 6.45) is 0. The van der Waals surface area contributed by atoms with Gasteiger partial charge in [0.25, 0.3) is 0 Å². The molecule has 0 aliphatic heterocycles. The Morgan fingerprint density at radius 1 is 1.24 bits per heavy atom. The van der Waals surface area contributed by atoms with Gasteiger partial charge < -0.3 is 20.3 Å². The Kier molecular flexibility index (Phi) is 4.69. The van der Waals surface area contributed by atoms with Crippen LogP contribution in [0.1, 0.15) is 10.5 Å². The van der Waals surface area contributed by atoms with Crippen LogP contribution in [0, 0.1) is 0 Å². The normalized spacial score (nSPS) is 10.2. The van der Waals surface area contributed by atoms with E-state index >= 15 is 0 Å². The van der Waals surface area contributed by atoms with Crippen molar-refractivity contribution in [1.29, 1.82) is 0 Å². The Morgan fingerprint density at radius 3 is 2.48 bits per heavy atom.